The maximum absolute atomic E-state index is 11.9. The normalized spacial score (nSPS) is 15.9. The Bertz CT molecular complexity index is 477. The van der Waals surface area contributed by atoms with Gasteiger partial charge in [-0.3, -0.25) is 19.3 Å². The van der Waals surface area contributed by atoms with Gasteiger partial charge >= 0.3 is 0 Å². The molecule has 0 spiro atoms. The lowest BCUT2D eigenvalue weighted by Crippen LogP contribution is -2.47. The summed E-state index contributed by atoms with van der Waals surface area (Å²) in [5.74, 6) is -1.63. The van der Waals surface area contributed by atoms with E-state index in [-0.39, 0.29) is 6.54 Å². The lowest BCUT2D eigenvalue weighted by molar-refractivity contribution is -0.119. The summed E-state index contributed by atoms with van der Waals surface area (Å²) < 4.78 is 0. The van der Waals surface area contributed by atoms with Gasteiger partial charge in [-0.2, -0.15) is 0 Å². The first kappa shape index (κ1) is 11.3. The van der Waals surface area contributed by atoms with Gasteiger partial charge in [0.15, 0.2) is 0 Å². The molecule has 2 rings (SSSR count). The third-order valence-electron chi connectivity index (χ3n) is 2.62. The monoisotopic (exact) mass is 233 g/mol. The van der Waals surface area contributed by atoms with Crippen LogP contribution in [0.1, 0.15) is 20.7 Å². The summed E-state index contributed by atoms with van der Waals surface area (Å²) in [4.78, 5) is 35.5. The Morgan fingerprint density at radius 3 is 2.06 bits per heavy atom. The van der Waals surface area contributed by atoms with E-state index in [9.17, 15) is 14.4 Å². The van der Waals surface area contributed by atoms with Crippen LogP contribution in [0.5, 0.6) is 0 Å². The van der Waals surface area contributed by atoms with Gasteiger partial charge in [0.1, 0.15) is 6.04 Å². The second-order valence-electron chi connectivity index (χ2n) is 3.78. The van der Waals surface area contributed by atoms with Crippen molar-refractivity contribution < 1.29 is 14.4 Å². The number of carbonyl (C=O) groups excluding carboxylic acids is 3. The summed E-state index contributed by atoms with van der Waals surface area (Å²) in [6.07, 6.45) is 0. The Morgan fingerprint density at radius 1 is 1.18 bits per heavy atom. The number of rotatable bonds is 3. The smallest absolute Gasteiger partial charge is 0.261 e. The third kappa shape index (κ3) is 1.78. The topological polar surface area (TPSA) is 106 Å². The number of amides is 3. The molecule has 0 saturated heterocycles. The fourth-order valence-corrected chi connectivity index (χ4v) is 1.69. The van der Waals surface area contributed by atoms with E-state index in [0.29, 0.717) is 11.1 Å². The molecule has 0 aromatic heterocycles. The number of primary amides is 1. The van der Waals surface area contributed by atoms with Crippen molar-refractivity contribution in [2.24, 2.45) is 11.5 Å². The summed E-state index contributed by atoms with van der Waals surface area (Å²) in [7, 11) is 0. The number of hydrogen-bond acceptors (Lipinski definition) is 4. The molecular weight excluding hydrogens is 222 g/mol. The number of fused-ring (bicyclic) bond motifs is 1. The molecular formula is C11H11N3O3. The number of nitrogens with two attached hydrogens (primary N) is 2. The standard InChI is InChI=1S/C11H11N3O3/c12-8(9(13)15)5-14-10(16)6-3-1-2-4-7(6)11(14)17/h1-4,8H,5,12H2,(H2,13,15). The summed E-state index contributed by atoms with van der Waals surface area (Å²) in [5.41, 5.74) is 11.1. The van der Waals surface area contributed by atoms with Crippen molar-refractivity contribution in [3.05, 3.63) is 35.4 Å². The van der Waals surface area contributed by atoms with Gasteiger partial charge in [0.2, 0.25) is 5.91 Å². The van der Waals surface area contributed by atoms with E-state index in [1.54, 1.807) is 24.3 Å². The molecule has 0 radical (unpaired) electrons. The van der Waals surface area contributed by atoms with Gasteiger partial charge < -0.3 is 11.5 Å². The minimum absolute atomic E-state index is 0.193. The number of carbonyl (C=O) groups is 3. The van der Waals surface area contributed by atoms with Gasteiger partial charge in [0, 0.05) is 0 Å². The van der Waals surface area contributed by atoms with Crippen LogP contribution in [0.25, 0.3) is 0 Å². The fraction of sp³-hybridized carbons (Fsp3) is 0.182. The van der Waals surface area contributed by atoms with Crippen molar-refractivity contribution in [2.45, 2.75) is 6.04 Å². The Balaban J connectivity index is 2.27. The zero-order valence-electron chi connectivity index (χ0n) is 8.92. The average Bonchev–Trinajstić information content (AvgIpc) is 2.55. The summed E-state index contributed by atoms with van der Waals surface area (Å²) >= 11 is 0. The van der Waals surface area contributed by atoms with E-state index in [0.717, 1.165) is 4.90 Å². The van der Waals surface area contributed by atoms with Crippen molar-refractivity contribution in [2.75, 3.05) is 6.54 Å². The SMILES string of the molecule is NC(=O)C(N)CN1C(=O)c2ccccc2C1=O. The van der Waals surface area contributed by atoms with Crippen LogP contribution in [-0.4, -0.2) is 35.2 Å². The van der Waals surface area contributed by atoms with Crippen molar-refractivity contribution in [1.82, 2.24) is 4.90 Å². The predicted molar refractivity (Wildman–Crippen MR) is 59.0 cm³/mol. The van der Waals surface area contributed by atoms with E-state index in [2.05, 4.69) is 0 Å². The van der Waals surface area contributed by atoms with Crippen LogP contribution in [0.4, 0.5) is 0 Å². The lowest BCUT2D eigenvalue weighted by atomic mass is 10.1. The molecule has 1 aliphatic rings. The molecule has 1 heterocycles. The fourth-order valence-electron chi connectivity index (χ4n) is 1.69. The molecule has 1 unspecified atom stereocenters. The molecule has 1 atom stereocenters. The van der Waals surface area contributed by atoms with Gasteiger partial charge in [-0.15, -0.1) is 0 Å². The number of nitrogens with zero attached hydrogens (tertiary/aromatic N) is 1. The van der Waals surface area contributed by atoms with Crippen molar-refractivity contribution in [3.8, 4) is 0 Å². The predicted octanol–water partition coefficient (Wildman–Crippen LogP) is -0.905. The molecule has 3 amide bonds. The molecule has 0 aliphatic carbocycles. The number of benzene rings is 1. The minimum atomic E-state index is -1.04. The van der Waals surface area contributed by atoms with Crippen molar-refractivity contribution in [1.29, 1.82) is 0 Å². The van der Waals surface area contributed by atoms with E-state index in [1.807, 2.05) is 0 Å². The maximum Gasteiger partial charge on any atom is 0.261 e. The Kier molecular flexibility index (Phi) is 2.64. The van der Waals surface area contributed by atoms with Crippen LogP contribution < -0.4 is 11.5 Å². The quantitative estimate of drug-likeness (QED) is 0.659. The molecule has 1 aromatic carbocycles. The van der Waals surface area contributed by atoms with Crippen LogP contribution in [-0.2, 0) is 4.79 Å². The van der Waals surface area contributed by atoms with Crippen LogP contribution >= 0.6 is 0 Å². The third-order valence-corrected chi connectivity index (χ3v) is 2.62. The Morgan fingerprint density at radius 2 is 1.65 bits per heavy atom. The molecule has 88 valence electrons. The highest BCUT2D eigenvalue weighted by Crippen LogP contribution is 2.22. The number of imide groups is 1. The molecule has 0 bridgehead atoms. The van der Waals surface area contributed by atoms with E-state index >= 15 is 0 Å². The van der Waals surface area contributed by atoms with E-state index in [1.165, 1.54) is 0 Å². The molecule has 0 fully saturated rings. The van der Waals surface area contributed by atoms with Crippen molar-refractivity contribution >= 4 is 17.7 Å². The molecule has 0 saturated carbocycles. The molecule has 6 nitrogen and oxygen atoms in total. The zero-order valence-corrected chi connectivity index (χ0v) is 8.92. The van der Waals surface area contributed by atoms with E-state index in [4.69, 9.17) is 11.5 Å². The first-order chi connectivity index (χ1) is 8.02. The molecule has 17 heavy (non-hydrogen) atoms. The van der Waals surface area contributed by atoms with Crippen LogP contribution in [0.15, 0.2) is 24.3 Å². The Labute approximate surface area is 97.2 Å². The molecule has 6 heteroatoms. The first-order valence-corrected chi connectivity index (χ1v) is 5.02. The number of hydrogen-bond donors (Lipinski definition) is 2. The van der Waals surface area contributed by atoms with Crippen LogP contribution in [0.3, 0.4) is 0 Å². The van der Waals surface area contributed by atoms with Crippen LogP contribution in [0, 0.1) is 0 Å². The van der Waals surface area contributed by atoms with Crippen LogP contribution in [0.2, 0.25) is 0 Å². The lowest BCUT2D eigenvalue weighted by Gasteiger charge is -2.16. The van der Waals surface area contributed by atoms with Gasteiger partial charge in [0.25, 0.3) is 11.8 Å². The average molecular weight is 233 g/mol. The highest BCUT2D eigenvalue weighted by molar-refractivity contribution is 6.21. The summed E-state index contributed by atoms with van der Waals surface area (Å²) in [6, 6.07) is 5.41. The molecule has 1 aromatic rings. The molecule has 1 aliphatic heterocycles. The van der Waals surface area contributed by atoms with Gasteiger partial charge in [-0.1, -0.05) is 12.1 Å². The summed E-state index contributed by atoms with van der Waals surface area (Å²) in [5, 5.41) is 0. The largest absolute Gasteiger partial charge is 0.368 e. The van der Waals surface area contributed by atoms with Gasteiger partial charge in [0.05, 0.1) is 17.7 Å². The van der Waals surface area contributed by atoms with Gasteiger partial charge in [-0.05, 0) is 12.1 Å². The van der Waals surface area contributed by atoms with Crippen molar-refractivity contribution in [3.63, 3.8) is 0 Å². The highest BCUT2D eigenvalue weighted by Gasteiger charge is 2.36. The Hall–Kier alpha value is -2.21. The first-order valence-electron chi connectivity index (χ1n) is 5.02. The maximum atomic E-state index is 11.9. The second-order valence-corrected chi connectivity index (χ2v) is 3.78. The second kappa shape index (κ2) is 3.99. The summed E-state index contributed by atoms with van der Waals surface area (Å²) in [6.45, 7) is -0.193. The molecule has 4 N–H and O–H groups in total. The highest BCUT2D eigenvalue weighted by atomic mass is 16.2. The van der Waals surface area contributed by atoms with E-state index < -0.39 is 23.8 Å². The van der Waals surface area contributed by atoms with Gasteiger partial charge in [-0.25, -0.2) is 0 Å². The zero-order chi connectivity index (χ0) is 12.6. The minimum Gasteiger partial charge on any atom is -0.368 e.